The van der Waals surface area contributed by atoms with Crippen molar-refractivity contribution in [1.29, 1.82) is 0 Å². The molecule has 109 heavy (non-hydrogen) atoms. The van der Waals surface area contributed by atoms with Crippen molar-refractivity contribution < 1.29 is 9.47 Å². The summed E-state index contributed by atoms with van der Waals surface area (Å²) in [5.74, 6) is 5.07. The minimum atomic E-state index is -0.569. The molecule has 3 aliphatic carbocycles. The van der Waals surface area contributed by atoms with Crippen molar-refractivity contribution in [1.82, 2.24) is 14.9 Å². The van der Waals surface area contributed by atoms with Crippen LogP contribution < -0.4 is 9.47 Å². The average Bonchev–Trinajstić information content (AvgIpc) is 1.53. The summed E-state index contributed by atoms with van der Waals surface area (Å²) in [4.78, 5) is 18.7. The largest absolute Gasteiger partial charge is 0.456 e. The standard InChI is InChI=1S/C103H66N4O2/c1-107-93-63-72(58-60-83(93)97(106-101(107)69-27-6-3-7-28-69)73-30-22-29-70(61-73)64-49-51-66(52-50-64)75-37-23-45-90-98(75)108-94-47-20-18-43-88(94)102(90)84-39-14-10-33-77(84)78-34-11-15-40-85(78)102)71-57-59-82-92(62-71)104-100(68-25-4-2-5-26-68)105-96(82)67-55-53-65(54-56-67)74-31-8-9-32-76(74)81-38-24-46-91-99(81)109-95-48-21-19-44-89(95)103(91)86-41-16-12-35-79(86)80-36-13-17-42-87(80)103/h2-63,93H,1H3. The third kappa shape index (κ3) is 9.38. The summed E-state index contributed by atoms with van der Waals surface area (Å²) in [6, 6.07) is 129. The highest BCUT2D eigenvalue weighted by atomic mass is 16.5. The van der Waals surface area contributed by atoms with E-state index in [1.165, 1.54) is 44.5 Å². The molecular formula is C103H66N4O2. The van der Waals surface area contributed by atoms with E-state index in [2.05, 4.69) is 382 Å². The predicted octanol–water partition coefficient (Wildman–Crippen LogP) is 24.7. The maximum atomic E-state index is 7.18. The van der Waals surface area contributed by atoms with Crippen molar-refractivity contribution in [3.8, 4) is 112 Å². The van der Waals surface area contributed by atoms with Crippen LogP contribution in [0.25, 0.3) is 112 Å². The Morgan fingerprint density at radius 1 is 0.303 bits per heavy atom. The molecule has 0 fully saturated rings. The van der Waals surface area contributed by atoms with Gasteiger partial charge in [0.2, 0.25) is 0 Å². The lowest BCUT2D eigenvalue weighted by Gasteiger charge is -2.40. The van der Waals surface area contributed by atoms with Gasteiger partial charge < -0.3 is 14.4 Å². The van der Waals surface area contributed by atoms with E-state index in [0.717, 1.165) is 157 Å². The second-order valence-electron chi connectivity index (χ2n) is 29.1. The number of aromatic nitrogens is 2. The quantitative estimate of drug-likeness (QED) is 0.144. The number of rotatable bonds is 9. The molecule has 6 heteroatoms. The number of fused-ring (bicyclic) bond motifs is 20. The molecular weight excluding hydrogens is 1330 g/mol. The second kappa shape index (κ2) is 24.5. The Morgan fingerprint density at radius 3 is 1.33 bits per heavy atom. The van der Waals surface area contributed by atoms with Crippen molar-refractivity contribution in [2.45, 2.75) is 16.9 Å². The number of hydrogen-bond acceptors (Lipinski definition) is 6. The molecule has 22 rings (SSSR count). The summed E-state index contributed by atoms with van der Waals surface area (Å²) >= 11 is 0. The van der Waals surface area contributed by atoms with Crippen LogP contribution in [0.4, 0.5) is 0 Å². The van der Waals surface area contributed by atoms with E-state index in [0.29, 0.717) is 5.82 Å². The Morgan fingerprint density at radius 2 is 0.734 bits per heavy atom. The molecule has 2 spiro atoms. The molecule has 6 nitrogen and oxygen atoms in total. The number of nitrogens with zero attached hydrogens (tertiary/aromatic N) is 4. The predicted molar refractivity (Wildman–Crippen MR) is 442 cm³/mol. The molecule has 4 heterocycles. The van der Waals surface area contributed by atoms with Crippen LogP contribution in [0.1, 0.15) is 61.2 Å². The number of amidine groups is 1. The Hall–Kier alpha value is -14.1. The Kier molecular flexibility index (Phi) is 14.0. The highest BCUT2D eigenvalue weighted by Crippen LogP contribution is 2.65. The molecule has 0 saturated carbocycles. The fraction of sp³-hybridized carbons (Fsp3) is 0.0388. The number of para-hydroxylation sites is 4. The number of likely N-dealkylation sites (N-methyl/N-ethyl adjacent to an activating group) is 1. The maximum Gasteiger partial charge on any atom is 0.160 e. The van der Waals surface area contributed by atoms with E-state index in [-0.39, 0.29) is 6.04 Å². The van der Waals surface area contributed by atoms with Crippen LogP contribution in [-0.4, -0.2) is 33.8 Å². The summed E-state index contributed by atoms with van der Waals surface area (Å²) in [7, 11) is 2.17. The molecule has 1 unspecified atom stereocenters. The zero-order valence-electron chi connectivity index (χ0n) is 59.5. The molecule has 0 amide bonds. The molecule has 510 valence electrons. The molecule has 3 aliphatic heterocycles. The van der Waals surface area contributed by atoms with Crippen molar-refractivity contribution in [2.75, 3.05) is 7.05 Å². The van der Waals surface area contributed by atoms with E-state index in [1.807, 2.05) is 6.07 Å². The van der Waals surface area contributed by atoms with Gasteiger partial charge in [0.1, 0.15) is 28.8 Å². The fourth-order valence-electron chi connectivity index (χ4n) is 18.7. The minimum Gasteiger partial charge on any atom is -0.456 e. The third-order valence-corrected chi connectivity index (χ3v) is 23.5. The number of hydrogen-bond donors (Lipinski definition) is 0. The van der Waals surface area contributed by atoms with Gasteiger partial charge in [0.05, 0.1) is 33.8 Å². The molecule has 0 radical (unpaired) electrons. The van der Waals surface area contributed by atoms with Crippen molar-refractivity contribution in [2.24, 2.45) is 4.99 Å². The Labute approximate surface area is 632 Å². The van der Waals surface area contributed by atoms with E-state index in [1.54, 1.807) is 0 Å². The number of ether oxygens (including phenoxy) is 2. The smallest absolute Gasteiger partial charge is 0.160 e. The van der Waals surface area contributed by atoms with Crippen LogP contribution in [0, 0.1) is 0 Å². The SMILES string of the molecule is CN1C(c2ccccc2)=NC(c2cccc(-c3ccc(-c4cccc5c4Oc4ccccc4C54c5ccccc5-c5ccccc54)cc3)c2)=C2C=CC(c3ccc4c(-c5ccc(-c6ccccc6-c6cccc7c6Oc6ccccc6C76c7ccccc7-c7ccccc76)cc5)nc(-c5ccccc5)nc4c3)=CC21. The summed E-state index contributed by atoms with van der Waals surface area (Å²) in [6.07, 6.45) is 6.92. The molecule has 15 aromatic carbocycles. The van der Waals surface area contributed by atoms with Gasteiger partial charge in [-0.15, -0.1) is 0 Å². The van der Waals surface area contributed by atoms with E-state index < -0.39 is 10.8 Å². The van der Waals surface area contributed by atoms with Crippen molar-refractivity contribution >= 4 is 28.0 Å². The van der Waals surface area contributed by atoms with Crippen LogP contribution in [0.15, 0.2) is 387 Å². The lowest BCUT2D eigenvalue weighted by molar-refractivity contribution is 0.438. The van der Waals surface area contributed by atoms with Crippen LogP contribution in [0.5, 0.6) is 23.0 Å². The van der Waals surface area contributed by atoms with Gasteiger partial charge in [0, 0.05) is 73.6 Å². The monoisotopic (exact) mass is 1390 g/mol. The van der Waals surface area contributed by atoms with Gasteiger partial charge in [-0.2, -0.15) is 0 Å². The fourth-order valence-corrected chi connectivity index (χ4v) is 18.7. The number of allylic oxidation sites excluding steroid dienone is 2. The molecule has 1 atom stereocenters. The van der Waals surface area contributed by atoms with Gasteiger partial charge in [-0.1, -0.05) is 340 Å². The zero-order valence-corrected chi connectivity index (χ0v) is 59.5. The Bertz CT molecular complexity index is 6530. The topological polar surface area (TPSA) is 59.8 Å². The first-order chi connectivity index (χ1) is 53.9. The van der Waals surface area contributed by atoms with E-state index >= 15 is 0 Å². The third-order valence-electron chi connectivity index (χ3n) is 23.5. The normalized spacial score (nSPS) is 15.2. The zero-order chi connectivity index (χ0) is 71.9. The first-order valence-corrected chi connectivity index (χ1v) is 37.5. The molecule has 16 aromatic rings. The van der Waals surface area contributed by atoms with Gasteiger partial charge in [-0.05, 0) is 125 Å². The van der Waals surface area contributed by atoms with Crippen LogP contribution >= 0.6 is 0 Å². The van der Waals surface area contributed by atoms with E-state index in [9.17, 15) is 0 Å². The van der Waals surface area contributed by atoms with Gasteiger partial charge in [-0.25, -0.2) is 15.0 Å². The van der Waals surface area contributed by atoms with Crippen LogP contribution in [-0.2, 0) is 10.8 Å². The lowest BCUT2D eigenvalue weighted by Crippen LogP contribution is -2.41. The van der Waals surface area contributed by atoms with Gasteiger partial charge in [-0.3, -0.25) is 0 Å². The van der Waals surface area contributed by atoms with Gasteiger partial charge in [0.25, 0.3) is 0 Å². The maximum absolute atomic E-state index is 7.18. The van der Waals surface area contributed by atoms with Crippen LogP contribution in [0.2, 0.25) is 0 Å². The first kappa shape index (κ1) is 62.3. The van der Waals surface area contributed by atoms with Gasteiger partial charge >= 0.3 is 0 Å². The van der Waals surface area contributed by atoms with Gasteiger partial charge in [0.15, 0.2) is 5.82 Å². The van der Waals surface area contributed by atoms with Crippen molar-refractivity contribution in [3.05, 3.63) is 443 Å². The highest BCUT2D eigenvalue weighted by Gasteiger charge is 2.53. The summed E-state index contributed by atoms with van der Waals surface area (Å²) in [5.41, 5.74) is 32.3. The number of aliphatic imine (C=N–C) groups is 1. The summed E-state index contributed by atoms with van der Waals surface area (Å²) in [5, 5.41) is 0.967. The lowest BCUT2D eigenvalue weighted by atomic mass is 9.65. The molecule has 0 saturated heterocycles. The molecule has 0 N–H and O–H groups in total. The first-order valence-electron chi connectivity index (χ1n) is 37.5. The summed E-state index contributed by atoms with van der Waals surface area (Å²) in [6.45, 7) is 0. The molecule has 6 aliphatic rings. The average molecular weight is 1390 g/mol. The Balaban J connectivity index is 0.598. The van der Waals surface area contributed by atoms with Crippen molar-refractivity contribution in [3.63, 3.8) is 0 Å². The highest BCUT2D eigenvalue weighted by molar-refractivity contribution is 6.06. The summed E-state index contributed by atoms with van der Waals surface area (Å²) < 4.78 is 14.3. The van der Waals surface area contributed by atoms with E-state index in [4.69, 9.17) is 24.4 Å². The minimum absolute atomic E-state index is 0.141. The molecule has 0 bridgehead atoms. The number of benzene rings is 15. The molecule has 1 aromatic heterocycles. The van der Waals surface area contributed by atoms with Crippen LogP contribution in [0.3, 0.4) is 0 Å². The second-order valence-corrected chi connectivity index (χ2v) is 29.1.